The third-order valence-corrected chi connectivity index (χ3v) is 9.18. The van der Waals surface area contributed by atoms with E-state index in [2.05, 4.69) is 0 Å². The van der Waals surface area contributed by atoms with Crippen LogP contribution in [-0.4, -0.2) is 172 Å². The fraction of sp³-hybridized carbons (Fsp3) is 0.763. The largest absolute Gasteiger partial charge is 0.463 e. The van der Waals surface area contributed by atoms with Gasteiger partial charge in [-0.2, -0.15) is 0 Å². The van der Waals surface area contributed by atoms with Gasteiger partial charge in [0.05, 0.1) is 6.61 Å². The van der Waals surface area contributed by atoms with E-state index >= 15 is 0 Å². The Morgan fingerprint density at radius 2 is 0.714 bits per heavy atom. The van der Waals surface area contributed by atoms with E-state index in [4.69, 9.17) is 75.8 Å². The van der Waals surface area contributed by atoms with Crippen LogP contribution < -0.4 is 0 Å². The molecule has 354 valence electrons. The van der Waals surface area contributed by atoms with Gasteiger partial charge in [-0.1, -0.05) is 0 Å². The first-order chi connectivity index (χ1) is 29.5. The van der Waals surface area contributed by atoms with Crippen molar-refractivity contribution < 1.29 is 119 Å². The molecule has 0 spiro atoms. The summed E-state index contributed by atoms with van der Waals surface area (Å²) in [5.41, 5.74) is 0. The van der Waals surface area contributed by atoms with Gasteiger partial charge in [0.15, 0.2) is 67.9 Å². The molecule has 4 aliphatic rings. The zero-order valence-corrected chi connectivity index (χ0v) is 36.1. The van der Waals surface area contributed by atoms with Gasteiger partial charge in [0.25, 0.3) is 0 Å². The van der Waals surface area contributed by atoms with Crippen LogP contribution in [0.2, 0.25) is 0 Å². The van der Waals surface area contributed by atoms with E-state index in [1.807, 2.05) is 0 Å². The molecule has 63 heavy (non-hydrogen) atoms. The highest BCUT2D eigenvalue weighted by molar-refractivity contribution is 5.70. The molecule has 0 aromatic heterocycles. The lowest BCUT2D eigenvalue weighted by molar-refractivity contribution is -0.352. The van der Waals surface area contributed by atoms with Gasteiger partial charge in [0, 0.05) is 62.3 Å². The smallest absolute Gasteiger partial charge is 0.303 e. The third kappa shape index (κ3) is 14.2. The number of fused-ring (bicyclic) bond motifs is 1. The number of rotatable bonds is 16. The number of hydrogen-bond acceptors (Lipinski definition) is 25. The fourth-order valence-corrected chi connectivity index (χ4v) is 7.16. The molecule has 16 atom stereocenters. The van der Waals surface area contributed by atoms with Crippen LogP contribution in [0.25, 0.3) is 0 Å². The zero-order chi connectivity index (χ0) is 46.9. The lowest BCUT2D eigenvalue weighted by atomic mass is 9.96. The summed E-state index contributed by atoms with van der Waals surface area (Å²) in [6.45, 7) is 9.18. The highest BCUT2D eigenvalue weighted by atomic mass is 16.8. The first kappa shape index (κ1) is 50.6. The molecule has 0 amide bonds. The van der Waals surface area contributed by atoms with Gasteiger partial charge in [-0.05, 0) is 6.92 Å². The normalized spacial score (nSPS) is 34.8. The van der Waals surface area contributed by atoms with E-state index in [1.54, 1.807) is 0 Å². The van der Waals surface area contributed by atoms with Crippen LogP contribution in [0.3, 0.4) is 0 Å². The average Bonchev–Trinajstić information content (AvgIpc) is 3.52. The summed E-state index contributed by atoms with van der Waals surface area (Å²) >= 11 is 0. The summed E-state index contributed by atoms with van der Waals surface area (Å²) in [7, 11) is 0. The van der Waals surface area contributed by atoms with Gasteiger partial charge < -0.3 is 75.8 Å². The number of hydrogen-bond donors (Lipinski definition) is 0. The highest BCUT2D eigenvalue weighted by Gasteiger charge is 2.60. The first-order valence-electron chi connectivity index (χ1n) is 19.6. The Hall–Kier alpha value is -5.05. The van der Waals surface area contributed by atoms with Crippen molar-refractivity contribution in [2.24, 2.45) is 0 Å². The Morgan fingerprint density at radius 3 is 1.13 bits per heavy atom. The molecule has 0 saturated carbocycles. The van der Waals surface area contributed by atoms with E-state index in [0.717, 1.165) is 62.3 Å². The molecular formula is C38H52O25. The van der Waals surface area contributed by atoms with Crippen LogP contribution in [0.4, 0.5) is 0 Å². The van der Waals surface area contributed by atoms with Gasteiger partial charge in [-0.25, -0.2) is 0 Å². The molecule has 4 aliphatic heterocycles. The fourth-order valence-electron chi connectivity index (χ4n) is 7.16. The number of carbonyl (C=O) groups is 9. The maximum Gasteiger partial charge on any atom is 0.303 e. The Morgan fingerprint density at radius 1 is 0.365 bits per heavy atom. The third-order valence-electron chi connectivity index (χ3n) is 9.18. The summed E-state index contributed by atoms with van der Waals surface area (Å²) < 4.78 is 91.6. The van der Waals surface area contributed by atoms with Crippen LogP contribution in [0.15, 0.2) is 0 Å². The van der Waals surface area contributed by atoms with Gasteiger partial charge in [0.2, 0.25) is 0 Å². The Kier molecular flexibility index (Phi) is 18.1. The molecule has 4 fully saturated rings. The quantitative estimate of drug-likeness (QED) is 0.132. The van der Waals surface area contributed by atoms with Crippen LogP contribution in [0, 0.1) is 0 Å². The van der Waals surface area contributed by atoms with Gasteiger partial charge >= 0.3 is 53.7 Å². The molecule has 0 aromatic rings. The van der Waals surface area contributed by atoms with Gasteiger partial charge in [0.1, 0.15) is 43.7 Å². The molecule has 4 saturated heterocycles. The predicted octanol–water partition coefficient (Wildman–Crippen LogP) is -1.03. The molecule has 0 radical (unpaired) electrons. The standard InChI is InChI=1S/C38H52O25/c1-14(39)48-11-24-27(51-16(3)41)30(54-19(6)44)33(56-21(8)46)36(60-24)50-13-26-29(53-18(5)43)32(35-37(61-26)59-23(10)58-35)63-38-34(57-22(9)47)31(55-20(7)45)28(52-17(4)42)25(62-38)12-49-15(2)40/h23-38H,11-13H2,1-10H3. The SMILES string of the molecule is CC(=O)OCC1OC(OCC2OC3OC(C)OC3C(OC3OC(COC(C)=O)C(OC(C)=O)C(OC(C)=O)C3OC(C)=O)C2OC(C)=O)C(OC(C)=O)C(OC(C)=O)C1OC(C)=O. The summed E-state index contributed by atoms with van der Waals surface area (Å²) in [5.74, 6) is -7.79. The summed E-state index contributed by atoms with van der Waals surface area (Å²) in [5, 5.41) is 0. The van der Waals surface area contributed by atoms with E-state index in [1.165, 1.54) is 6.92 Å². The van der Waals surface area contributed by atoms with Crippen LogP contribution in [0.1, 0.15) is 69.2 Å². The maximum atomic E-state index is 12.8. The Balaban J connectivity index is 1.76. The molecule has 0 aliphatic carbocycles. The number of esters is 9. The second-order valence-corrected chi connectivity index (χ2v) is 14.5. The second-order valence-electron chi connectivity index (χ2n) is 14.5. The molecule has 0 bridgehead atoms. The molecule has 25 nitrogen and oxygen atoms in total. The molecule has 25 heteroatoms. The minimum Gasteiger partial charge on any atom is -0.463 e. The lowest BCUT2D eigenvalue weighted by Gasteiger charge is -2.48. The van der Waals surface area contributed by atoms with Crippen molar-refractivity contribution in [3.8, 4) is 0 Å². The van der Waals surface area contributed by atoms with E-state index < -0.39 is 172 Å². The molecule has 16 unspecified atom stereocenters. The topological polar surface area (TPSA) is 301 Å². The van der Waals surface area contributed by atoms with E-state index in [-0.39, 0.29) is 0 Å². The van der Waals surface area contributed by atoms with Crippen molar-refractivity contribution in [2.75, 3.05) is 19.8 Å². The average molecular weight is 909 g/mol. The van der Waals surface area contributed by atoms with Crippen molar-refractivity contribution >= 4 is 53.7 Å². The van der Waals surface area contributed by atoms with Crippen molar-refractivity contribution in [3.63, 3.8) is 0 Å². The lowest BCUT2D eigenvalue weighted by Crippen LogP contribution is -2.66. The highest BCUT2D eigenvalue weighted by Crippen LogP contribution is 2.39. The van der Waals surface area contributed by atoms with Crippen LogP contribution >= 0.6 is 0 Å². The summed E-state index contributed by atoms with van der Waals surface area (Å²) in [4.78, 5) is 111. The van der Waals surface area contributed by atoms with Crippen LogP contribution in [-0.2, 0) is 119 Å². The molecular weight excluding hydrogens is 856 g/mol. The molecule has 0 N–H and O–H groups in total. The minimum atomic E-state index is -1.80. The van der Waals surface area contributed by atoms with Crippen LogP contribution in [0.5, 0.6) is 0 Å². The molecule has 4 rings (SSSR count). The number of carbonyl (C=O) groups excluding carboxylic acids is 9. The van der Waals surface area contributed by atoms with Crippen molar-refractivity contribution in [1.29, 1.82) is 0 Å². The van der Waals surface area contributed by atoms with Crippen molar-refractivity contribution in [2.45, 2.75) is 168 Å². The molecule has 4 heterocycles. The zero-order valence-electron chi connectivity index (χ0n) is 36.1. The van der Waals surface area contributed by atoms with Gasteiger partial charge in [-0.3, -0.25) is 43.2 Å². The monoisotopic (exact) mass is 908 g/mol. The predicted molar refractivity (Wildman–Crippen MR) is 194 cm³/mol. The second kappa shape index (κ2) is 22.5. The van der Waals surface area contributed by atoms with Crippen molar-refractivity contribution in [3.05, 3.63) is 0 Å². The first-order valence-corrected chi connectivity index (χ1v) is 19.6. The maximum absolute atomic E-state index is 12.8. The van der Waals surface area contributed by atoms with E-state index in [0.29, 0.717) is 0 Å². The number of ether oxygens (including phenoxy) is 16. The van der Waals surface area contributed by atoms with Gasteiger partial charge in [-0.15, -0.1) is 0 Å². The minimum absolute atomic E-state index is 0.563. The molecule has 0 aromatic carbocycles. The Labute approximate surface area is 359 Å². The summed E-state index contributed by atoms with van der Waals surface area (Å²) in [6, 6.07) is 0. The Bertz CT molecular complexity index is 1700. The summed E-state index contributed by atoms with van der Waals surface area (Å²) in [6.07, 6.45) is -24.0. The van der Waals surface area contributed by atoms with Crippen molar-refractivity contribution in [1.82, 2.24) is 0 Å². The van der Waals surface area contributed by atoms with E-state index in [9.17, 15) is 43.2 Å².